The maximum Gasteiger partial charge on any atom is 0.236 e. The van der Waals surface area contributed by atoms with Crippen molar-refractivity contribution in [3.05, 3.63) is 52.9 Å². The van der Waals surface area contributed by atoms with E-state index < -0.39 is 15.9 Å². The van der Waals surface area contributed by atoms with Crippen molar-refractivity contribution in [3.8, 4) is 11.1 Å². The first-order valence-corrected chi connectivity index (χ1v) is 13.6. The third-order valence-electron chi connectivity index (χ3n) is 6.32. The Morgan fingerprint density at radius 1 is 1.18 bits per heavy atom. The molecule has 0 spiro atoms. The van der Waals surface area contributed by atoms with Crippen LogP contribution in [0, 0.1) is 5.92 Å². The highest BCUT2D eigenvalue weighted by Crippen LogP contribution is 2.40. The van der Waals surface area contributed by atoms with E-state index in [0.29, 0.717) is 41.6 Å². The van der Waals surface area contributed by atoms with Gasteiger partial charge in [0.15, 0.2) is 5.65 Å². The number of nitrogen functional groups attached to an aromatic ring is 1. The van der Waals surface area contributed by atoms with E-state index in [1.54, 1.807) is 10.7 Å². The quantitative estimate of drug-likeness (QED) is 0.402. The predicted octanol–water partition coefficient (Wildman–Crippen LogP) is 3.64. The van der Waals surface area contributed by atoms with Crippen LogP contribution in [0.2, 0.25) is 0 Å². The highest BCUT2D eigenvalue weighted by molar-refractivity contribution is 9.10. The van der Waals surface area contributed by atoms with E-state index in [-0.39, 0.29) is 11.8 Å². The van der Waals surface area contributed by atoms with Crippen molar-refractivity contribution >= 4 is 54.2 Å². The van der Waals surface area contributed by atoms with Gasteiger partial charge in [-0.25, -0.2) is 13.4 Å². The topological polar surface area (TPSA) is 132 Å². The molecule has 0 atom stereocenters. The number of carbonyl (C=O) groups is 1. The van der Waals surface area contributed by atoms with Gasteiger partial charge in [-0.05, 0) is 53.7 Å². The van der Waals surface area contributed by atoms with E-state index in [1.165, 1.54) is 0 Å². The zero-order chi connectivity index (χ0) is 24.0. The summed E-state index contributed by atoms with van der Waals surface area (Å²) in [5.41, 5.74) is 10.5. The fourth-order valence-corrected chi connectivity index (χ4v) is 5.71. The first-order chi connectivity index (χ1) is 16.2. The summed E-state index contributed by atoms with van der Waals surface area (Å²) in [4.78, 5) is 21.8. The molecule has 176 valence electrons. The number of amides is 1. The van der Waals surface area contributed by atoms with E-state index in [2.05, 4.69) is 36.8 Å². The van der Waals surface area contributed by atoms with Crippen LogP contribution in [0.5, 0.6) is 0 Å². The SMILES string of the molecule is CS(=O)(=O)NC(=O)C1CCC(c2nc3c(-c4cnc5ccccc5c4)cnn3c(N)c2Br)CC1. The number of hydrogen-bond acceptors (Lipinski definition) is 7. The lowest BCUT2D eigenvalue weighted by Crippen LogP contribution is -2.36. The maximum absolute atomic E-state index is 12.3. The van der Waals surface area contributed by atoms with Gasteiger partial charge in [-0.1, -0.05) is 18.2 Å². The normalized spacial score (nSPS) is 18.9. The summed E-state index contributed by atoms with van der Waals surface area (Å²) in [6.07, 6.45) is 7.09. The molecule has 0 aliphatic heterocycles. The van der Waals surface area contributed by atoms with Crippen LogP contribution in [0.4, 0.5) is 5.82 Å². The molecular formula is C23H23BrN6O3S. The van der Waals surface area contributed by atoms with E-state index in [9.17, 15) is 13.2 Å². The minimum absolute atomic E-state index is 0.0847. The number of halogens is 1. The zero-order valence-electron chi connectivity index (χ0n) is 18.4. The number of pyridine rings is 1. The van der Waals surface area contributed by atoms with Gasteiger partial charge in [0.25, 0.3) is 0 Å². The van der Waals surface area contributed by atoms with Crippen molar-refractivity contribution in [2.75, 3.05) is 12.0 Å². The second-order valence-electron chi connectivity index (χ2n) is 8.69. The molecule has 3 aromatic heterocycles. The van der Waals surface area contributed by atoms with Crippen molar-refractivity contribution in [1.29, 1.82) is 0 Å². The van der Waals surface area contributed by atoms with Gasteiger partial charge in [-0.15, -0.1) is 0 Å². The molecule has 1 aromatic carbocycles. The Kier molecular flexibility index (Phi) is 5.76. The van der Waals surface area contributed by atoms with E-state index >= 15 is 0 Å². The van der Waals surface area contributed by atoms with Crippen molar-refractivity contribution in [2.24, 2.45) is 5.92 Å². The number of fused-ring (bicyclic) bond motifs is 2. The highest BCUT2D eigenvalue weighted by atomic mass is 79.9. The lowest BCUT2D eigenvalue weighted by Gasteiger charge is -2.28. The molecule has 0 saturated heterocycles. The Labute approximate surface area is 205 Å². The molecule has 1 saturated carbocycles. The summed E-state index contributed by atoms with van der Waals surface area (Å²) < 4.78 is 27.2. The molecule has 11 heteroatoms. The molecule has 1 aliphatic rings. The van der Waals surface area contributed by atoms with Gasteiger partial charge >= 0.3 is 0 Å². The van der Waals surface area contributed by atoms with Crippen molar-refractivity contribution in [1.82, 2.24) is 24.3 Å². The number of hydrogen-bond donors (Lipinski definition) is 2. The van der Waals surface area contributed by atoms with Crippen LogP contribution in [-0.4, -0.2) is 40.2 Å². The first-order valence-electron chi connectivity index (χ1n) is 10.9. The van der Waals surface area contributed by atoms with Crippen LogP contribution in [0.25, 0.3) is 27.7 Å². The number of benzene rings is 1. The Morgan fingerprint density at radius 3 is 2.65 bits per heavy atom. The fourth-order valence-electron chi connectivity index (χ4n) is 4.60. The lowest BCUT2D eigenvalue weighted by atomic mass is 9.80. The molecule has 4 aromatic rings. The average Bonchev–Trinajstić information content (AvgIpc) is 3.24. The van der Waals surface area contributed by atoms with E-state index in [4.69, 9.17) is 10.7 Å². The summed E-state index contributed by atoms with van der Waals surface area (Å²) in [5.74, 6) is -0.233. The number of nitrogens with two attached hydrogens (primary N) is 1. The van der Waals surface area contributed by atoms with Gasteiger partial charge in [0.1, 0.15) is 5.82 Å². The summed E-state index contributed by atoms with van der Waals surface area (Å²) in [6, 6.07) is 9.97. The highest BCUT2D eigenvalue weighted by Gasteiger charge is 2.31. The summed E-state index contributed by atoms with van der Waals surface area (Å²) in [7, 11) is -3.56. The number of para-hydroxylation sites is 1. The van der Waals surface area contributed by atoms with Crippen LogP contribution >= 0.6 is 15.9 Å². The first kappa shape index (κ1) is 22.7. The van der Waals surface area contributed by atoms with Gasteiger partial charge in [-0.3, -0.25) is 14.5 Å². The molecule has 0 unspecified atom stereocenters. The molecule has 0 bridgehead atoms. The van der Waals surface area contributed by atoms with Crippen LogP contribution in [0.1, 0.15) is 37.3 Å². The third kappa shape index (κ3) is 4.25. The molecular weight excluding hydrogens is 520 g/mol. The molecule has 1 fully saturated rings. The number of sulfonamides is 1. The number of carbonyl (C=O) groups excluding carboxylic acids is 1. The molecule has 5 rings (SSSR count). The van der Waals surface area contributed by atoms with Gasteiger partial charge in [0.2, 0.25) is 15.9 Å². The smallest absolute Gasteiger partial charge is 0.236 e. The van der Waals surface area contributed by atoms with Crippen LogP contribution in [0.15, 0.2) is 47.2 Å². The number of nitrogens with one attached hydrogen (secondary N) is 1. The Bertz CT molecular complexity index is 1530. The molecule has 3 heterocycles. The average molecular weight is 543 g/mol. The maximum atomic E-state index is 12.3. The predicted molar refractivity (Wildman–Crippen MR) is 134 cm³/mol. The molecule has 0 radical (unpaired) electrons. The Morgan fingerprint density at radius 2 is 1.91 bits per heavy atom. The van der Waals surface area contributed by atoms with Gasteiger partial charge in [-0.2, -0.15) is 9.61 Å². The third-order valence-corrected chi connectivity index (χ3v) is 7.70. The standard InChI is InChI=1S/C23H23BrN6O3S/c1-34(32,33)29-23(31)14-8-6-13(7-9-14)20-19(24)21(25)30-22(28-20)17(12-27-30)16-10-15-4-2-3-5-18(15)26-11-16/h2-5,10-14H,6-9,25H2,1H3,(H,29,31). The Hall–Kier alpha value is -3.05. The van der Waals surface area contributed by atoms with E-state index in [1.807, 2.05) is 30.5 Å². The van der Waals surface area contributed by atoms with E-state index in [0.717, 1.165) is 34.0 Å². The monoisotopic (exact) mass is 542 g/mol. The molecule has 1 aliphatic carbocycles. The summed E-state index contributed by atoms with van der Waals surface area (Å²) >= 11 is 3.60. The van der Waals surface area contributed by atoms with Crippen LogP contribution in [0.3, 0.4) is 0 Å². The van der Waals surface area contributed by atoms with Crippen molar-refractivity contribution in [3.63, 3.8) is 0 Å². The summed E-state index contributed by atoms with van der Waals surface area (Å²) in [6.45, 7) is 0. The number of anilines is 1. The number of aromatic nitrogens is 4. The van der Waals surface area contributed by atoms with Crippen LogP contribution in [-0.2, 0) is 14.8 Å². The van der Waals surface area contributed by atoms with Crippen LogP contribution < -0.4 is 10.5 Å². The minimum atomic E-state index is -3.56. The lowest BCUT2D eigenvalue weighted by molar-refractivity contribution is -0.124. The Balaban J connectivity index is 1.47. The molecule has 34 heavy (non-hydrogen) atoms. The molecule has 9 nitrogen and oxygen atoms in total. The van der Waals surface area contributed by atoms with Gasteiger partial charge in [0, 0.05) is 34.5 Å². The second kappa shape index (κ2) is 8.62. The number of rotatable bonds is 4. The van der Waals surface area contributed by atoms with Gasteiger partial charge < -0.3 is 5.73 Å². The van der Waals surface area contributed by atoms with Crippen molar-refractivity contribution in [2.45, 2.75) is 31.6 Å². The molecule has 3 N–H and O–H groups in total. The van der Waals surface area contributed by atoms with Gasteiger partial charge in [0.05, 0.1) is 28.1 Å². The number of nitrogens with zero attached hydrogens (tertiary/aromatic N) is 4. The summed E-state index contributed by atoms with van der Waals surface area (Å²) in [5, 5.41) is 5.48. The largest absolute Gasteiger partial charge is 0.383 e. The fraction of sp³-hybridized carbons (Fsp3) is 0.304. The second-order valence-corrected chi connectivity index (χ2v) is 11.2. The molecule has 1 amide bonds. The van der Waals surface area contributed by atoms with Crippen molar-refractivity contribution < 1.29 is 13.2 Å². The minimum Gasteiger partial charge on any atom is -0.383 e. The zero-order valence-corrected chi connectivity index (χ0v) is 20.8.